The zero-order valence-electron chi connectivity index (χ0n) is 12.0. The van der Waals surface area contributed by atoms with Gasteiger partial charge in [0.15, 0.2) is 0 Å². The van der Waals surface area contributed by atoms with E-state index >= 15 is 0 Å². The van der Waals surface area contributed by atoms with Gasteiger partial charge in [-0.25, -0.2) is 13.1 Å². The van der Waals surface area contributed by atoms with E-state index in [9.17, 15) is 8.42 Å². The third kappa shape index (κ3) is 3.71. The van der Waals surface area contributed by atoms with Gasteiger partial charge in [-0.1, -0.05) is 6.07 Å². The highest BCUT2D eigenvalue weighted by molar-refractivity contribution is 7.89. The molecule has 6 heteroatoms. The van der Waals surface area contributed by atoms with Crippen LogP contribution in [0, 0.1) is 12.8 Å². The van der Waals surface area contributed by atoms with Crippen LogP contribution in [0.15, 0.2) is 23.1 Å². The van der Waals surface area contributed by atoms with Gasteiger partial charge < -0.3 is 10.1 Å². The molecule has 0 atom stereocenters. The molecule has 0 aliphatic carbocycles. The van der Waals surface area contributed by atoms with Gasteiger partial charge in [0.25, 0.3) is 0 Å². The molecule has 5 nitrogen and oxygen atoms in total. The van der Waals surface area contributed by atoms with E-state index in [1.807, 2.05) is 13.0 Å². The minimum Gasteiger partial charge on any atom is -0.385 e. The second kappa shape index (κ2) is 6.56. The van der Waals surface area contributed by atoms with Crippen LogP contribution in [0.1, 0.15) is 18.4 Å². The van der Waals surface area contributed by atoms with Gasteiger partial charge in [-0.3, -0.25) is 0 Å². The van der Waals surface area contributed by atoms with E-state index in [0.717, 1.165) is 43.9 Å². The van der Waals surface area contributed by atoms with Crippen molar-refractivity contribution in [3.63, 3.8) is 0 Å². The smallest absolute Gasteiger partial charge is 0.240 e. The molecule has 0 amide bonds. The lowest BCUT2D eigenvalue weighted by Gasteiger charge is -2.23. The Morgan fingerprint density at radius 3 is 2.65 bits per heavy atom. The first-order chi connectivity index (χ1) is 9.53. The molecule has 0 radical (unpaired) electrons. The van der Waals surface area contributed by atoms with Crippen molar-refractivity contribution >= 4 is 15.7 Å². The number of hydrogen-bond donors (Lipinski definition) is 2. The van der Waals surface area contributed by atoms with Crippen molar-refractivity contribution in [2.75, 3.05) is 32.1 Å². The van der Waals surface area contributed by atoms with Crippen LogP contribution in [0.2, 0.25) is 0 Å². The second-order valence-corrected chi connectivity index (χ2v) is 7.01. The number of hydrogen-bond acceptors (Lipinski definition) is 4. The predicted octanol–water partition coefficient (Wildman–Crippen LogP) is 1.74. The Morgan fingerprint density at radius 1 is 1.30 bits per heavy atom. The molecule has 0 unspecified atom stereocenters. The van der Waals surface area contributed by atoms with Crippen molar-refractivity contribution in [1.82, 2.24) is 4.72 Å². The number of sulfonamides is 1. The summed E-state index contributed by atoms with van der Waals surface area (Å²) in [5.74, 6) is 0.590. The molecule has 2 N–H and O–H groups in total. The maximum atomic E-state index is 11.8. The highest BCUT2D eigenvalue weighted by atomic mass is 32.2. The van der Waals surface area contributed by atoms with Gasteiger partial charge in [-0.2, -0.15) is 0 Å². The van der Waals surface area contributed by atoms with Crippen LogP contribution in [-0.2, 0) is 14.8 Å². The van der Waals surface area contributed by atoms with E-state index in [1.165, 1.54) is 7.05 Å². The van der Waals surface area contributed by atoms with E-state index in [2.05, 4.69) is 10.0 Å². The van der Waals surface area contributed by atoms with Crippen molar-refractivity contribution in [3.8, 4) is 0 Å². The highest BCUT2D eigenvalue weighted by Crippen LogP contribution is 2.22. The Labute approximate surface area is 120 Å². The van der Waals surface area contributed by atoms with Crippen LogP contribution in [-0.4, -0.2) is 35.2 Å². The van der Waals surface area contributed by atoms with E-state index in [-0.39, 0.29) is 0 Å². The molecule has 0 saturated carbocycles. The fraction of sp³-hybridized carbons (Fsp3) is 0.571. The summed E-state index contributed by atoms with van der Waals surface area (Å²) in [4.78, 5) is 0.292. The lowest BCUT2D eigenvalue weighted by molar-refractivity contribution is 0.0699. The minimum atomic E-state index is -3.39. The fourth-order valence-corrected chi connectivity index (χ4v) is 3.04. The Bertz CT molecular complexity index is 552. The molecule has 0 aromatic heterocycles. The average Bonchev–Trinajstić information content (AvgIpc) is 2.47. The number of anilines is 1. The standard InChI is InChI=1S/C14H22N2O3S/c1-11-3-4-13(20(17,18)15-2)9-14(11)16-10-12-5-7-19-8-6-12/h3-4,9,12,15-16H,5-8,10H2,1-2H3. The summed E-state index contributed by atoms with van der Waals surface area (Å²) in [5.41, 5.74) is 1.93. The van der Waals surface area contributed by atoms with E-state index < -0.39 is 10.0 Å². The third-order valence-corrected chi connectivity index (χ3v) is 5.12. The van der Waals surface area contributed by atoms with Crippen LogP contribution in [0.4, 0.5) is 5.69 Å². The summed E-state index contributed by atoms with van der Waals surface area (Å²) in [7, 11) is -1.97. The molecule has 1 aromatic carbocycles. The Balaban J connectivity index is 2.08. The summed E-state index contributed by atoms with van der Waals surface area (Å²) in [6.07, 6.45) is 2.11. The lowest BCUT2D eigenvalue weighted by atomic mass is 10.0. The van der Waals surface area contributed by atoms with E-state index in [4.69, 9.17) is 4.74 Å². The third-order valence-electron chi connectivity index (χ3n) is 3.71. The SMILES string of the molecule is CNS(=O)(=O)c1ccc(C)c(NCC2CCOCC2)c1. The molecule has 1 heterocycles. The van der Waals surface area contributed by atoms with Crippen molar-refractivity contribution in [2.24, 2.45) is 5.92 Å². The number of nitrogens with one attached hydrogen (secondary N) is 2. The maximum Gasteiger partial charge on any atom is 0.240 e. The number of rotatable bonds is 5. The molecule has 0 bridgehead atoms. The lowest BCUT2D eigenvalue weighted by Crippen LogP contribution is -2.23. The zero-order chi connectivity index (χ0) is 14.6. The molecule has 112 valence electrons. The summed E-state index contributed by atoms with van der Waals surface area (Å²) in [6.45, 7) is 4.47. The quantitative estimate of drug-likeness (QED) is 0.869. The molecule has 2 rings (SSSR count). The van der Waals surface area contributed by atoms with Crippen LogP contribution in [0.3, 0.4) is 0 Å². The Kier molecular flexibility index (Phi) is 5.01. The molecular formula is C14H22N2O3S. The normalized spacial score (nSPS) is 17.1. The summed E-state index contributed by atoms with van der Waals surface area (Å²) >= 11 is 0. The first kappa shape index (κ1) is 15.3. The summed E-state index contributed by atoms with van der Waals surface area (Å²) < 4.78 is 31.3. The monoisotopic (exact) mass is 298 g/mol. The Morgan fingerprint density at radius 2 is 2.00 bits per heavy atom. The Hall–Kier alpha value is -1.11. The molecule has 20 heavy (non-hydrogen) atoms. The summed E-state index contributed by atoms with van der Waals surface area (Å²) in [5, 5.41) is 3.37. The number of benzene rings is 1. The summed E-state index contributed by atoms with van der Waals surface area (Å²) in [6, 6.07) is 5.15. The van der Waals surface area contributed by atoms with Crippen LogP contribution < -0.4 is 10.0 Å². The molecule has 1 aliphatic heterocycles. The van der Waals surface area contributed by atoms with Gasteiger partial charge in [0.1, 0.15) is 0 Å². The van der Waals surface area contributed by atoms with E-state index in [0.29, 0.717) is 10.8 Å². The van der Waals surface area contributed by atoms with Gasteiger partial charge >= 0.3 is 0 Å². The minimum absolute atomic E-state index is 0.292. The van der Waals surface area contributed by atoms with E-state index in [1.54, 1.807) is 12.1 Å². The molecule has 0 spiro atoms. The number of aryl methyl sites for hydroxylation is 1. The van der Waals surface area contributed by atoms with Crippen molar-refractivity contribution in [1.29, 1.82) is 0 Å². The maximum absolute atomic E-state index is 11.8. The highest BCUT2D eigenvalue weighted by Gasteiger charge is 2.15. The van der Waals surface area contributed by atoms with Crippen LogP contribution in [0.5, 0.6) is 0 Å². The number of ether oxygens (including phenoxy) is 1. The topological polar surface area (TPSA) is 67.4 Å². The van der Waals surface area contributed by atoms with Crippen LogP contribution >= 0.6 is 0 Å². The molecular weight excluding hydrogens is 276 g/mol. The molecule has 1 aliphatic rings. The largest absolute Gasteiger partial charge is 0.385 e. The van der Waals surface area contributed by atoms with Gasteiger partial charge in [-0.15, -0.1) is 0 Å². The first-order valence-corrected chi connectivity index (χ1v) is 8.37. The van der Waals surface area contributed by atoms with Gasteiger partial charge in [-0.05, 0) is 50.4 Å². The van der Waals surface area contributed by atoms with Crippen molar-refractivity contribution < 1.29 is 13.2 Å². The van der Waals surface area contributed by atoms with Crippen LogP contribution in [0.25, 0.3) is 0 Å². The average molecular weight is 298 g/mol. The van der Waals surface area contributed by atoms with Gasteiger partial charge in [0.05, 0.1) is 4.90 Å². The zero-order valence-corrected chi connectivity index (χ0v) is 12.8. The van der Waals surface area contributed by atoms with Gasteiger partial charge in [0, 0.05) is 25.4 Å². The second-order valence-electron chi connectivity index (χ2n) is 5.12. The molecule has 1 saturated heterocycles. The molecule has 1 aromatic rings. The van der Waals surface area contributed by atoms with Gasteiger partial charge in [0.2, 0.25) is 10.0 Å². The first-order valence-electron chi connectivity index (χ1n) is 6.89. The molecule has 1 fully saturated rings. The van der Waals surface area contributed by atoms with Crippen molar-refractivity contribution in [3.05, 3.63) is 23.8 Å². The predicted molar refractivity (Wildman–Crippen MR) is 79.5 cm³/mol. The van der Waals surface area contributed by atoms with Crippen molar-refractivity contribution in [2.45, 2.75) is 24.7 Å². The fourth-order valence-electron chi connectivity index (χ4n) is 2.28.